The van der Waals surface area contributed by atoms with Gasteiger partial charge in [-0.1, -0.05) is 36.7 Å². The summed E-state index contributed by atoms with van der Waals surface area (Å²) in [6.45, 7) is 7.80. The molecule has 0 saturated carbocycles. The maximum absolute atomic E-state index is 3.65. The summed E-state index contributed by atoms with van der Waals surface area (Å²) in [5, 5.41) is 3.62. The third-order valence-electron chi connectivity index (χ3n) is 2.57. The molecule has 0 spiro atoms. The van der Waals surface area contributed by atoms with E-state index >= 15 is 0 Å². The van der Waals surface area contributed by atoms with Gasteiger partial charge in [0.1, 0.15) is 0 Å². The van der Waals surface area contributed by atoms with Gasteiger partial charge in [0.25, 0.3) is 0 Å². The summed E-state index contributed by atoms with van der Waals surface area (Å²) in [6.07, 6.45) is 1.17. The van der Waals surface area contributed by atoms with Crippen molar-refractivity contribution in [3.8, 4) is 0 Å². The molecular weight excluding hydrogens is 377 g/mol. The monoisotopic (exact) mass is 395 g/mol. The highest BCUT2D eigenvalue weighted by molar-refractivity contribution is 14.1. The van der Waals surface area contributed by atoms with E-state index in [4.69, 9.17) is 0 Å². The van der Waals surface area contributed by atoms with Gasteiger partial charge in [-0.05, 0) is 65.2 Å². The van der Waals surface area contributed by atoms with Crippen molar-refractivity contribution in [2.45, 2.75) is 33.2 Å². The maximum atomic E-state index is 3.65. The summed E-state index contributed by atoms with van der Waals surface area (Å²) in [5.74, 6) is 0.598. The van der Waals surface area contributed by atoms with Crippen molar-refractivity contribution in [2.24, 2.45) is 5.92 Å². The Kier molecular flexibility index (Phi) is 6.29. The molecule has 1 N–H and O–H groups in total. The van der Waals surface area contributed by atoms with E-state index in [1.165, 1.54) is 20.0 Å². The predicted octanol–water partition coefficient (Wildman–Crippen LogP) is 4.75. The summed E-state index contributed by atoms with van der Waals surface area (Å²) in [6, 6.07) is 6.97. The fourth-order valence-corrected chi connectivity index (χ4v) is 2.77. The Hall–Kier alpha value is 0.390. The van der Waals surface area contributed by atoms with E-state index < -0.39 is 0 Å². The molecule has 0 heterocycles. The van der Waals surface area contributed by atoms with Crippen LogP contribution in [0.25, 0.3) is 0 Å². The minimum absolute atomic E-state index is 0.434. The molecule has 0 aliphatic rings. The summed E-state index contributed by atoms with van der Waals surface area (Å²) >= 11 is 6.02. The van der Waals surface area contributed by atoms with Gasteiger partial charge in [-0.3, -0.25) is 0 Å². The van der Waals surface area contributed by atoms with Crippen molar-refractivity contribution < 1.29 is 0 Å². The van der Waals surface area contributed by atoms with Gasteiger partial charge in [-0.25, -0.2) is 0 Å². The average molecular weight is 396 g/mol. The lowest BCUT2D eigenvalue weighted by Crippen LogP contribution is -2.26. The van der Waals surface area contributed by atoms with Crippen LogP contribution < -0.4 is 5.32 Å². The molecule has 90 valence electrons. The minimum Gasteiger partial charge on any atom is -0.310 e. The predicted molar refractivity (Wildman–Crippen MR) is 82.7 cm³/mol. The molecule has 1 aromatic carbocycles. The lowest BCUT2D eigenvalue weighted by atomic mass is 9.96. The highest BCUT2D eigenvalue weighted by atomic mass is 127. The standard InChI is InChI=1S/C13H19BrIN/c1-4-7-16-13(9(2)3)11-8-10(15)5-6-12(11)14/h5-6,8-9,13,16H,4,7H2,1-3H3. The van der Waals surface area contributed by atoms with Gasteiger partial charge in [-0.15, -0.1) is 0 Å². The second kappa shape index (κ2) is 6.97. The van der Waals surface area contributed by atoms with Gasteiger partial charge in [0.2, 0.25) is 0 Å². The fourth-order valence-electron chi connectivity index (χ4n) is 1.76. The van der Waals surface area contributed by atoms with Crippen LogP contribution in [0.3, 0.4) is 0 Å². The Morgan fingerprint density at radius 1 is 1.38 bits per heavy atom. The molecule has 3 heteroatoms. The molecule has 0 aliphatic heterocycles. The third-order valence-corrected chi connectivity index (χ3v) is 3.97. The first kappa shape index (κ1) is 14.5. The summed E-state index contributed by atoms with van der Waals surface area (Å²) in [4.78, 5) is 0. The van der Waals surface area contributed by atoms with Crippen LogP contribution in [0.4, 0.5) is 0 Å². The number of rotatable bonds is 5. The van der Waals surface area contributed by atoms with E-state index in [1.54, 1.807) is 0 Å². The molecule has 0 amide bonds. The number of nitrogens with one attached hydrogen (secondary N) is 1. The van der Waals surface area contributed by atoms with E-state index in [0.717, 1.165) is 6.54 Å². The molecule has 0 bridgehead atoms. The SMILES string of the molecule is CCCNC(c1cc(I)ccc1Br)C(C)C. The Balaban J connectivity index is 2.95. The molecule has 1 aromatic rings. The summed E-state index contributed by atoms with van der Waals surface area (Å²) in [5.41, 5.74) is 1.37. The van der Waals surface area contributed by atoms with Crippen molar-refractivity contribution in [3.05, 3.63) is 31.8 Å². The van der Waals surface area contributed by atoms with E-state index in [1.807, 2.05) is 0 Å². The first-order chi connectivity index (χ1) is 7.56. The lowest BCUT2D eigenvalue weighted by molar-refractivity contribution is 0.411. The van der Waals surface area contributed by atoms with Crippen molar-refractivity contribution in [3.63, 3.8) is 0 Å². The van der Waals surface area contributed by atoms with Crippen molar-refractivity contribution in [1.82, 2.24) is 5.32 Å². The summed E-state index contributed by atoms with van der Waals surface area (Å²) < 4.78 is 2.50. The Labute approximate surface area is 121 Å². The Morgan fingerprint density at radius 2 is 2.06 bits per heavy atom. The third kappa shape index (κ3) is 4.00. The number of hydrogen-bond donors (Lipinski definition) is 1. The molecule has 1 unspecified atom stereocenters. The zero-order valence-electron chi connectivity index (χ0n) is 10.1. The number of hydrogen-bond acceptors (Lipinski definition) is 1. The first-order valence-corrected chi connectivity index (χ1v) is 7.61. The zero-order valence-corrected chi connectivity index (χ0v) is 13.8. The largest absolute Gasteiger partial charge is 0.310 e. The smallest absolute Gasteiger partial charge is 0.0354 e. The molecule has 0 aromatic heterocycles. The van der Waals surface area contributed by atoms with Crippen molar-refractivity contribution in [1.29, 1.82) is 0 Å². The normalized spacial score (nSPS) is 13.1. The molecule has 16 heavy (non-hydrogen) atoms. The van der Waals surface area contributed by atoms with E-state index in [0.29, 0.717) is 12.0 Å². The topological polar surface area (TPSA) is 12.0 Å². The lowest BCUT2D eigenvalue weighted by Gasteiger charge is -2.24. The Bertz CT molecular complexity index is 339. The number of halogens is 2. The average Bonchev–Trinajstić information content (AvgIpc) is 2.23. The van der Waals surface area contributed by atoms with E-state index in [2.05, 4.69) is 82.8 Å². The van der Waals surface area contributed by atoms with Crippen molar-refractivity contribution in [2.75, 3.05) is 6.54 Å². The van der Waals surface area contributed by atoms with Crippen molar-refractivity contribution >= 4 is 38.5 Å². The minimum atomic E-state index is 0.434. The molecule has 1 atom stereocenters. The van der Waals surface area contributed by atoms with Crippen LogP contribution in [0.5, 0.6) is 0 Å². The van der Waals surface area contributed by atoms with Crippen LogP contribution in [-0.4, -0.2) is 6.54 Å². The van der Waals surface area contributed by atoms with E-state index in [-0.39, 0.29) is 0 Å². The molecule has 0 fully saturated rings. The van der Waals surface area contributed by atoms with E-state index in [9.17, 15) is 0 Å². The molecule has 1 nitrogen and oxygen atoms in total. The van der Waals surface area contributed by atoms with Gasteiger partial charge in [0, 0.05) is 14.1 Å². The maximum Gasteiger partial charge on any atom is 0.0354 e. The van der Waals surface area contributed by atoms with Crippen LogP contribution in [0.2, 0.25) is 0 Å². The first-order valence-electron chi connectivity index (χ1n) is 5.74. The van der Waals surface area contributed by atoms with Gasteiger partial charge in [-0.2, -0.15) is 0 Å². The second-order valence-electron chi connectivity index (χ2n) is 4.34. The quantitative estimate of drug-likeness (QED) is 0.709. The van der Waals surface area contributed by atoms with Crippen LogP contribution >= 0.6 is 38.5 Å². The molecule has 0 aliphatic carbocycles. The second-order valence-corrected chi connectivity index (χ2v) is 6.44. The fraction of sp³-hybridized carbons (Fsp3) is 0.538. The van der Waals surface area contributed by atoms with Crippen LogP contribution in [0, 0.1) is 9.49 Å². The number of benzene rings is 1. The molecule has 1 rings (SSSR count). The highest BCUT2D eigenvalue weighted by Gasteiger charge is 2.17. The Morgan fingerprint density at radius 3 is 2.62 bits per heavy atom. The van der Waals surface area contributed by atoms with Gasteiger partial charge in [0.15, 0.2) is 0 Å². The van der Waals surface area contributed by atoms with Crippen LogP contribution in [0.15, 0.2) is 22.7 Å². The van der Waals surface area contributed by atoms with Gasteiger partial charge < -0.3 is 5.32 Å². The zero-order chi connectivity index (χ0) is 12.1. The summed E-state index contributed by atoms with van der Waals surface area (Å²) in [7, 11) is 0. The van der Waals surface area contributed by atoms with Gasteiger partial charge >= 0.3 is 0 Å². The van der Waals surface area contributed by atoms with Crippen LogP contribution in [-0.2, 0) is 0 Å². The molecule has 0 saturated heterocycles. The molecule has 0 radical (unpaired) electrons. The van der Waals surface area contributed by atoms with Crippen LogP contribution in [0.1, 0.15) is 38.8 Å². The van der Waals surface area contributed by atoms with Gasteiger partial charge in [0.05, 0.1) is 0 Å². The molecular formula is C13H19BrIN. The highest BCUT2D eigenvalue weighted by Crippen LogP contribution is 2.29.